The fraction of sp³-hybridized carbons (Fsp3) is 0.222. The molecule has 1 aliphatic rings. The van der Waals surface area contributed by atoms with Crippen molar-refractivity contribution in [1.82, 2.24) is 5.32 Å². The summed E-state index contributed by atoms with van der Waals surface area (Å²) in [5.74, 6) is -0.256. The van der Waals surface area contributed by atoms with Gasteiger partial charge in [0.2, 0.25) is 0 Å². The Bertz CT molecular complexity index is 764. The molecule has 2 aromatic carbocycles. The number of halogens is 1. The van der Waals surface area contributed by atoms with Gasteiger partial charge in [-0.15, -0.1) is 0 Å². The van der Waals surface area contributed by atoms with Crippen LogP contribution in [-0.4, -0.2) is 37.3 Å². The number of rotatable bonds is 3. The lowest BCUT2D eigenvalue weighted by Crippen LogP contribution is -2.38. The Hall–Kier alpha value is -2.15. The van der Waals surface area contributed by atoms with Crippen LogP contribution < -0.4 is 15.5 Å². The average molecular weight is 376 g/mol. The molecule has 7 heteroatoms. The Kier molecular flexibility index (Phi) is 5.86. The highest BCUT2D eigenvalue weighted by molar-refractivity contribution is 7.80. The van der Waals surface area contributed by atoms with Gasteiger partial charge in [-0.05, 0) is 36.5 Å². The highest BCUT2D eigenvalue weighted by atomic mass is 35.5. The number of thiocarbonyl (C=S) groups is 1. The van der Waals surface area contributed by atoms with E-state index in [2.05, 4.69) is 15.5 Å². The number of carbonyl (C=O) groups is 1. The number of nitrogens with zero attached hydrogens (tertiary/aromatic N) is 1. The first-order valence-corrected chi connectivity index (χ1v) is 8.72. The Morgan fingerprint density at radius 2 is 1.80 bits per heavy atom. The van der Waals surface area contributed by atoms with E-state index in [9.17, 15) is 4.79 Å². The molecule has 0 unspecified atom stereocenters. The van der Waals surface area contributed by atoms with Crippen molar-refractivity contribution < 1.29 is 9.53 Å². The molecular formula is C18H18ClN3O2S. The van der Waals surface area contributed by atoms with E-state index >= 15 is 0 Å². The molecule has 1 fully saturated rings. The highest BCUT2D eigenvalue weighted by Crippen LogP contribution is 2.34. The maximum atomic E-state index is 12.2. The minimum atomic E-state index is -0.256. The van der Waals surface area contributed by atoms with Crippen molar-refractivity contribution in [2.45, 2.75) is 0 Å². The van der Waals surface area contributed by atoms with Gasteiger partial charge in [0.15, 0.2) is 5.11 Å². The Morgan fingerprint density at radius 1 is 1.08 bits per heavy atom. The highest BCUT2D eigenvalue weighted by Gasteiger charge is 2.18. The molecule has 0 bridgehead atoms. The number of hydrogen-bond donors (Lipinski definition) is 2. The lowest BCUT2D eigenvalue weighted by Gasteiger charge is -2.31. The van der Waals surface area contributed by atoms with E-state index in [1.54, 1.807) is 24.3 Å². The number of carbonyl (C=O) groups excluding carboxylic acids is 1. The lowest BCUT2D eigenvalue weighted by atomic mass is 10.2. The van der Waals surface area contributed by atoms with Crippen LogP contribution in [0.15, 0.2) is 48.5 Å². The van der Waals surface area contributed by atoms with Crippen molar-refractivity contribution in [3.63, 3.8) is 0 Å². The number of hydrogen-bond acceptors (Lipinski definition) is 4. The van der Waals surface area contributed by atoms with Gasteiger partial charge in [0, 0.05) is 18.7 Å². The summed E-state index contributed by atoms with van der Waals surface area (Å²) in [7, 11) is 0. The molecule has 0 spiro atoms. The maximum absolute atomic E-state index is 12.2. The summed E-state index contributed by atoms with van der Waals surface area (Å²) < 4.78 is 5.40. The zero-order valence-corrected chi connectivity index (χ0v) is 15.1. The number of para-hydroxylation sites is 1. The lowest BCUT2D eigenvalue weighted by molar-refractivity contribution is 0.0977. The first-order valence-electron chi connectivity index (χ1n) is 7.94. The Balaban J connectivity index is 1.73. The van der Waals surface area contributed by atoms with Crippen LogP contribution in [0.25, 0.3) is 0 Å². The van der Waals surface area contributed by atoms with E-state index in [1.807, 2.05) is 24.3 Å². The molecule has 2 aromatic rings. The largest absolute Gasteiger partial charge is 0.378 e. The molecule has 1 heterocycles. The predicted octanol–water partition coefficient (Wildman–Crippen LogP) is 3.30. The number of morpholine rings is 1. The molecule has 0 radical (unpaired) electrons. The summed E-state index contributed by atoms with van der Waals surface area (Å²) in [5, 5.41) is 6.63. The smallest absolute Gasteiger partial charge is 0.257 e. The molecule has 2 N–H and O–H groups in total. The zero-order valence-electron chi connectivity index (χ0n) is 13.5. The van der Waals surface area contributed by atoms with Crippen LogP contribution in [0.3, 0.4) is 0 Å². The third-order valence-corrected chi connectivity index (χ3v) is 4.33. The molecule has 0 aliphatic carbocycles. The number of benzene rings is 2. The molecule has 0 atom stereocenters. The fourth-order valence-electron chi connectivity index (χ4n) is 2.64. The van der Waals surface area contributed by atoms with Gasteiger partial charge >= 0.3 is 0 Å². The summed E-state index contributed by atoms with van der Waals surface area (Å²) in [6.45, 7) is 2.81. The monoisotopic (exact) mass is 375 g/mol. The summed E-state index contributed by atoms with van der Waals surface area (Å²) in [6, 6.07) is 14.5. The first kappa shape index (κ1) is 17.7. The molecular weight excluding hydrogens is 358 g/mol. The minimum absolute atomic E-state index is 0.227. The molecule has 3 rings (SSSR count). The van der Waals surface area contributed by atoms with Gasteiger partial charge in [-0.3, -0.25) is 10.1 Å². The van der Waals surface area contributed by atoms with Crippen molar-refractivity contribution in [3.8, 4) is 0 Å². The number of anilines is 2. The summed E-state index contributed by atoms with van der Waals surface area (Å²) in [6.07, 6.45) is 0. The van der Waals surface area contributed by atoms with Crippen LogP contribution in [-0.2, 0) is 4.74 Å². The number of amides is 1. The molecule has 1 saturated heterocycles. The van der Waals surface area contributed by atoms with Crippen molar-refractivity contribution in [2.24, 2.45) is 0 Å². The quantitative estimate of drug-likeness (QED) is 0.806. The van der Waals surface area contributed by atoms with Gasteiger partial charge in [-0.1, -0.05) is 35.9 Å². The van der Waals surface area contributed by atoms with E-state index in [0.29, 0.717) is 23.8 Å². The normalized spacial score (nSPS) is 14.0. The van der Waals surface area contributed by atoms with Gasteiger partial charge < -0.3 is 15.0 Å². The topological polar surface area (TPSA) is 53.6 Å². The SMILES string of the molecule is O=C(NC(=S)Nc1cccc(Cl)c1N1CCOCC1)c1ccccc1. The van der Waals surface area contributed by atoms with Crippen LogP contribution in [0, 0.1) is 0 Å². The van der Waals surface area contributed by atoms with Crippen molar-refractivity contribution >= 4 is 46.2 Å². The van der Waals surface area contributed by atoms with Crippen LogP contribution in [0.5, 0.6) is 0 Å². The van der Waals surface area contributed by atoms with Crippen molar-refractivity contribution in [1.29, 1.82) is 0 Å². The zero-order chi connectivity index (χ0) is 17.6. The minimum Gasteiger partial charge on any atom is -0.378 e. The van der Waals surface area contributed by atoms with Crippen molar-refractivity contribution in [2.75, 3.05) is 36.5 Å². The molecule has 0 aromatic heterocycles. The third kappa shape index (κ3) is 4.48. The van der Waals surface area contributed by atoms with Gasteiger partial charge in [-0.25, -0.2) is 0 Å². The van der Waals surface area contributed by atoms with Crippen LogP contribution in [0.1, 0.15) is 10.4 Å². The number of nitrogens with one attached hydrogen (secondary N) is 2. The average Bonchev–Trinajstić information content (AvgIpc) is 2.63. The van der Waals surface area contributed by atoms with Crippen LogP contribution in [0.2, 0.25) is 5.02 Å². The van der Waals surface area contributed by atoms with Gasteiger partial charge in [-0.2, -0.15) is 0 Å². The van der Waals surface area contributed by atoms with Gasteiger partial charge in [0.1, 0.15) is 0 Å². The van der Waals surface area contributed by atoms with E-state index in [0.717, 1.165) is 24.5 Å². The van der Waals surface area contributed by atoms with Crippen LogP contribution >= 0.6 is 23.8 Å². The standard InChI is InChI=1S/C18H18ClN3O2S/c19-14-7-4-8-15(16(14)22-9-11-24-12-10-22)20-18(25)21-17(23)13-5-2-1-3-6-13/h1-8H,9-12H2,(H2,20,21,23,25). The Morgan fingerprint density at radius 3 is 2.52 bits per heavy atom. The van der Waals surface area contributed by atoms with E-state index in [1.165, 1.54) is 0 Å². The molecule has 0 saturated carbocycles. The van der Waals surface area contributed by atoms with Crippen molar-refractivity contribution in [3.05, 3.63) is 59.1 Å². The Labute approximate surface area is 156 Å². The summed E-state index contributed by atoms with van der Waals surface area (Å²) in [5.41, 5.74) is 2.17. The summed E-state index contributed by atoms with van der Waals surface area (Å²) >= 11 is 11.7. The second-order valence-electron chi connectivity index (χ2n) is 5.51. The molecule has 25 heavy (non-hydrogen) atoms. The van der Waals surface area contributed by atoms with Gasteiger partial charge in [0.25, 0.3) is 5.91 Å². The second-order valence-corrected chi connectivity index (χ2v) is 6.33. The van der Waals surface area contributed by atoms with E-state index < -0.39 is 0 Å². The molecule has 1 amide bonds. The number of ether oxygens (including phenoxy) is 1. The van der Waals surface area contributed by atoms with Crippen LogP contribution in [0.4, 0.5) is 11.4 Å². The second kappa shape index (κ2) is 8.29. The predicted molar refractivity (Wildman–Crippen MR) is 105 cm³/mol. The van der Waals surface area contributed by atoms with Gasteiger partial charge in [0.05, 0.1) is 29.6 Å². The fourth-order valence-corrected chi connectivity index (χ4v) is 3.14. The third-order valence-electron chi connectivity index (χ3n) is 3.83. The summed E-state index contributed by atoms with van der Waals surface area (Å²) in [4.78, 5) is 14.4. The first-order chi connectivity index (χ1) is 12.1. The molecule has 5 nitrogen and oxygen atoms in total. The van der Waals surface area contributed by atoms with E-state index in [-0.39, 0.29) is 11.0 Å². The molecule has 1 aliphatic heterocycles. The molecule has 130 valence electrons. The maximum Gasteiger partial charge on any atom is 0.257 e. The van der Waals surface area contributed by atoms with E-state index in [4.69, 9.17) is 28.6 Å².